The van der Waals surface area contributed by atoms with Gasteiger partial charge in [0.2, 0.25) is 0 Å². The Hall–Kier alpha value is -1.69. The molecular formula is C17H24NO4+. The molecule has 22 heavy (non-hydrogen) atoms. The summed E-state index contributed by atoms with van der Waals surface area (Å²) in [6.45, 7) is 1.89. The number of quaternary nitrogens is 1. The smallest absolute Gasteiger partial charge is 0.340 e. The van der Waals surface area contributed by atoms with Crippen LogP contribution in [-0.4, -0.2) is 33.4 Å². The standard InChI is InChI=1S/C17H23NO4/c1-10-7-11(8-15(21)16(10)17(18)22)5-6-14(20)12-3-2-4-13(19)9-12/h2-3,8-10,13-14,19-21H,4-7H2,1H3,(H2,18,22)/p+1. The molecule has 0 bridgehead atoms. The highest BCUT2D eigenvalue weighted by Crippen LogP contribution is 2.31. The maximum Gasteiger partial charge on any atom is 0.340 e. The molecule has 0 aromatic rings. The summed E-state index contributed by atoms with van der Waals surface area (Å²) in [5.41, 5.74) is 5.49. The van der Waals surface area contributed by atoms with E-state index >= 15 is 0 Å². The molecule has 3 atom stereocenters. The minimum Gasteiger partial charge on any atom is -0.507 e. The molecule has 0 aromatic heterocycles. The molecule has 5 heteroatoms. The number of aliphatic hydroxyl groups excluding tert-OH is 3. The van der Waals surface area contributed by atoms with Crippen molar-refractivity contribution in [3.63, 3.8) is 0 Å². The van der Waals surface area contributed by atoms with Crippen molar-refractivity contribution in [2.75, 3.05) is 0 Å². The second-order valence-corrected chi connectivity index (χ2v) is 6.06. The average molecular weight is 306 g/mol. The Balaban J connectivity index is 1.99. The van der Waals surface area contributed by atoms with Gasteiger partial charge in [-0.1, -0.05) is 30.7 Å². The van der Waals surface area contributed by atoms with Crippen LogP contribution < -0.4 is 5.73 Å². The molecule has 0 spiro atoms. The lowest BCUT2D eigenvalue weighted by molar-refractivity contribution is -0.300. The van der Waals surface area contributed by atoms with Crippen molar-refractivity contribution in [3.8, 4) is 0 Å². The zero-order valence-corrected chi connectivity index (χ0v) is 12.8. The molecule has 120 valence electrons. The SMILES string of the molecule is CC1CC(CCC(O)C2=CC(O)CC=C2)=CC(O)=C1C([NH3+])=O. The van der Waals surface area contributed by atoms with Crippen LogP contribution in [0.1, 0.15) is 32.6 Å². The lowest BCUT2D eigenvalue weighted by atomic mass is 9.84. The fraction of sp³-hybridized carbons (Fsp3) is 0.471. The first kappa shape index (κ1) is 16.7. The van der Waals surface area contributed by atoms with E-state index in [0.29, 0.717) is 31.3 Å². The fourth-order valence-corrected chi connectivity index (χ4v) is 3.07. The van der Waals surface area contributed by atoms with Crippen LogP contribution >= 0.6 is 0 Å². The third-order valence-electron chi connectivity index (χ3n) is 4.17. The molecule has 0 fully saturated rings. The van der Waals surface area contributed by atoms with Crippen molar-refractivity contribution < 1.29 is 25.8 Å². The number of hydrogen-bond acceptors (Lipinski definition) is 4. The largest absolute Gasteiger partial charge is 0.507 e. The summed E-state index contributed by atoms with van der Waals surface area (Å²) in [6, 6.07) is 0. The molecule has 0 aliphatic heterocycles. The summed E-state index contributed by atoms with van der Waals surface area (Å²) in [5.74, 6) is -0.403. The highest BCUT2D eigenvalue weighted by molar-refractivity contribution is 5.86. The molecule has 1 amide bonds. The maximum atomic E-state index is 11.4. The molecule has 2 aliphatic carbocycles. The third-order valence-corrected chi connectivity index (χ3v) is 4.17. The lowest BCUT2D eigenvalue weighted by Crippen LogP contribution is -2.58. The molecule has 0 saturated heterocycles. The first-order valence-electron chi connectivity index (χ1n) is 7.61. The van der Waals surface area contributed by atoms with Crippen LogP contribution in [0.4, 0.5) is 0 Å². The zero-order chi connectivity index (χ0) is 16.3. The number of carbonyl (C=O) groups excluding carboxylic acids is 1. The van der Waals surface area contributed by atoms with E-state index in [1.807, 2.05) is 19.1 Å². The Morgan fingerprint density at radius 1 is 1.50 bits per heavy atom. The zero-order valence-electron chi connectivity index (χ0n) is 12.8. The first-order valence-corrected chi connectivity index (χ1v) is 7.61. The predicted octanol–water partition coefficient (Wildman–Crippen LogP) is 0.921. The van der Waals surface area contributed by atoms with Crippen molar-refractivity contribution in [2.45, 2.75) is 44.8 Å². The van der Waals surface area contributed by atoms with Crippen LogP contribution in [0.25, 0.3) is 0 Å². The molecule has 5 nitrogen and oxygen atoms in total. The van der Waals surface area contributed by atoms with E-state index in [0.717, 1.165) is 11.1 Å². The van der Waals surface area contributed by atoms with Gasteiger partial charge in [-0.2, -0.15) is 0 Å². The van der Waals surface area contributed by atoms with Crippen LogP contribution in [0.15, 0.2) is 46.8 Å². The van der Waals surface area contributed by atoms with Crippen molar-refractivity contribution >= 4 is 5.91 Å². The Labute approximate surface area is 130 Å². The first-order chi connectivity index (χ1) is 10.4. The number of aliphatic hydroxyl groups is 3. The van der Waals surface area contributed by atoms with Gasteiger partial charge in [-0.15, -0.1) is 0 Å². The summed E-state index contributed by atoms with van der Waals surface area (Å²) in [4.78, 5) is 11.4. The monoisotopic (exact) mass is 306 g/mol. The van der Waals surface area contributed by atoms with E-state index in [-0.39, 0.29) is 17.6 Å². The minimum absolute atomic E-state index is 0.00422. The van der Waals surface area contributed by atoms with Gasteiger partial charge in [0, 0.05) is 0 Å². The van der Waals surface area contributed by atoms with Gasteiger partial charge in [-0.3, -0.25) is 5.73 Å². The van der Waals surface area contributed by atoms with Crippen molar-refractivity contribution in [3.05, 3.63) is 46.8 Å². The van der Waals surface area contributed by atoms with Crippen molar-refractivity contribution in [2.24, 2.45) is 5.92 Å². The van der Waals surface area contributed by atoms with Crippen LogP contribution in [0.2, 0.25) is 0 Å². The predicted molar refractivity (Wildman–Crippen MR) is 82.5 cm³/mol. The maximum absolute atomic E-state index is 11.4. The van der Waals surface area contributed by atoms with Gasteiger partial charge in [0.05, 0.1) is 12.2 Å². The van der Waals surface area contributed by atoms with E-state index in [1.54, 1.807) is 12.2 Å². The Morgan fingerprint density at radius 3 is 2.82 bits per heavy atom. The molecule has 2 rings (SSSR count). The molecule has 0 aromatic carbocycles. The van der Waals surface area contributed by atoms with Crippen LogP contribution in [0.3, 0.4) is 0 Å². The number of hydrogen-bond donors (Lipinski definition) is 4. The summed E-state index contributed by atoms with van der Waals surface area (Å²) in [7, 11) is 0. The van der Waals surface area contributed by atoms with E-state index in [9.17, 15) is 20.1 Å². The lowest BCUT2D eigenvalue weighted by Gasteiger charge is -2.22. The van der Waals surface area contributed by atoms with Gasteiger partial charge in [0.1, 0.15) is 11.3 Å². The number of carbonyl (C=O) groups is 1. The number of rotatable bonds is 5. The van der Waals surface area contributed by atoms with Gasteiger partial charge in [0.15, 0.2) is 0 Å². The molecular weight excluding hydrogens is 282 g/mol. The molecule has 0 heterocycles. The average Bonchev–Trinajstić information content (AvgIpc) is 2.43. The van der Waals surface area contributed by atoms with Crippen molar-refractivity contribution in [1.82, 2.24) is 0 Å². The topological polar surface area (TPSA) is 105 Å². The quantitative estimate of drug-likeness (QED) is 0.606. The molecule has 6 N–H and O–H groups in total. The second-order valence-electron chi connectivity index (χ2n) is 6.06. The summed E-state index contributed by atoms with van der Waals surface area (Å²) in [6.07, 6.45) is 8.25. The van der Waals surface area contributed by atoms with E-state index in [4.69, 9.17) is 0 Å². The highest BCUT2D eigenvalue weighted by Gasteiger charge is 2.26. The number of amides is 1. The normalized spacial score (nSPS) is 26.5. The summed E-state index contributed by atoms with van der Waals surface area (Å²) >= 11 is 0. The van der Waals surface area contributed by atoms with Crippen LogP contribution in [0.5, 0.6) is 0 Å². The van der Waals surface area contributed by atoms with Gasteiger partial charge >= 0.3 is 5.91 Å². The van der Waals surface area contributed by atoms with Gasteiger partial charge in [0.25, 0.3) is 0 Å². The summed E-state index contributed by atoms with van der Waals surface area (Å²) < 4.78 is 0. The summed E-state index contributed by atoms with van der Waals surface area (Å²) in [5, 5.41) is 29.7. The van der Waals surface area contributed by atoms with E-state index < -0.39 is 12.2 Å². The molecule has 0 radical (unpaired) electrons. The number of allylic oxidation sites excluding steroid dienone is 2. The highest BCUT2D eigenvalue weighted by atomic mass is 16.3. The molecule has 0 saturated carbocycles. The van der Waals surface area contributed by atoms with E-state index in [2.05, 4.69) is 5.73 Å². The van der Waals surface area contributed by atoms with Gasteiger partial charge in [-0.05, 0) is 43.3 Å². The third kappa shape index (κ3) is 3.94. The van der Waals surface area contributed by atoms with Crippen LogP contribution in [0, 0.1) is 5.92 Å². The Morgan fingerprint density at radius 2 is 2.23 bits per heavy atom. The Bertz CT molecular complexity index is 571. The fourth-order valence-electron chi connectivity index (χ4n) is 3.07. The van der Waals surface area contributed by atoms with E-state index in [1.165, 1.54) is 0 Å². The van der Waals surface area contributed by atoms with Gasteiger partial charge in [-0.25, -0.2) is 4.79 Å². The molecule has 3 unspecified atom stereocenters. The van der Waals surface area contributed by atoms with Gasteiger partial charge < -0.3 is 15.3 Å². The van der Waals surface area contributed by atoms with Crippen molar-refractivity contribution in [1.29, 1.82) is 0 Å². The van der Waals surface area contributed by atoms with Crippen LogP contribution in [-0.2, 0) is 4.79 Å². The molecule has 2 aliphatic rings. The second kappa shape index (κ2) is 7.05. The minimum atomic E-state index is -0.635. The Kier molecular flexibility index (Phi) is 5.34.